The van der Waals surface area contributed by atoms with E-state index in [1.54, 1.807) is 6.07 Å². The number of hydrogen-bond acceptors (Lipinski definition) is 3. The fourth-order valence-corrected chi connectivity index (χ4v) is 2.88. The van der Waals surface area contributed by atoms with Crippen LogP contribution >= 0.6 is 15.9 Å². The molecule has 1 aliphatic carbocycles. The Morgan fingerprint density at radius 3 is 2.78 bits per heavy atom. The van der Waals surface area contributed by atoms with Gasteiger partial charge in [0.05, 0.1) is 4.92 Å². The lowest BCUT2D eigenvalue weighted by atomic mass is 9.84. The van der Waals surface area contributed by atoms with Gasteiger partial charge in [-0.15, -0.1) is 0 Å². The first-order chi connectivity index (χ1) is 8.58. The molecular formula is C13H14BrNO3. The standard InChI is InChI=1S/C13H14BrNO3/c14-12-8-11(15(17)18)6-5-9(12)7-10-3-1-2-4-13(10)16/h5-6,8,10H,1-4,7H2. The number of carbonyl (C=O) groups excluding carboxylic acids is 1. The molecule has 5 heteroatoms. The highest BCUT2D eigenvalue weighted by molar-refractivity contribution is 9.10. The minimum atomic E-state index is -0.416. The van der Waals surface area contributed by atoms with E-state index in [-0.39, 0.29) is 11.6 Å². The van der Waals surface area contributed by atoms with Gasteiger partial charge in [0, 0.05) is 28.9 Å². The quantitative estimate of drug-likeness (QED) is 0.632. The number of nitro groups is 1. The Kier molecular flexibility index (Phi) is 4.11. The summed E-state index contributed by atoms with van der Waals surface area (Å²) in [5, 5.41) is 10.6. The molecule has 0 aromatic heterocycles. The minimum Gasteiger partial charge on any atom is -0.299 e. The van der Waals surface area contributed by atoms with Crippen LogP contribution in [0.1, 0.15) is 31.2 Å². The van der Waals surface area contributed by atoms with Crippen molar-refractivity contribution >= 4 is 27.4 Å². The molecule has 1 fully saturated rings. The summed E-state index contributed by atoms with van der Waals surface area (Å²) in [5.41, 5.74) is 1.04. The molecule has 1 atom stereocenters. The van der Waals surface area contributed by atoms with Crippen molar-refractivity contribution in [3.05, 3.63) is 38.3 Å². The maximum Gasteiger partial charge on any atom is 0.270 e. The largest absolute Gasteiger partial charge is 0.299 e. The van der Waals surface area contributed by atoms with Crippen molar-refractivity contribution in [3.63, 3.8) is 0 Å². The molecule has 0 N–H and O–H groups in total. The van der Waals surface area contributed by atoms with Gasteiger partial charge >= 0.3 is 0 Å². The van der Waals surface area contributed by atoms with E-state index in [4.69, 9.17) is 0 Å². The molecular weight excluding hydrogens is 298 g/mol. The molecule has 0 bridgehead atoms. The lowest BCUT2D eigenvalue weighted by Crippen LogP contribution is -2.21. The number of hydrogen-bond donors (Lipinski definition) is 0. The number of ketones is 1. The topological polar surface area (TPSA) is 60.2 Å². The second-order valence-electron chi connectivity index (χ2n) is 4.65. The van der Waals surface area contributed by atoms with Crippen LogP contribution in [0.3, 0.4) is 0 Å². The first-order valence-electron chi connectivity index (χ1n) is 6.03. The second kappa shape index (κ2) is 5.61. The van der Waals surface area contributed by atoms with E-state index in [1.807, 2.05) is 0 Å². The molecule has 0 saturated heterocycles. The molecule has 1 saturated carbocycles. The normalized spacial score (nSPS) is 19.8. The summed E-state index contributed by atoms with van der Waals surface area (Å²) in [6, 6.07) is 4.74. The monoisotopic (exact) mass is 311 g/mol. The van der Waals surface area contributed by atoms with E-state index < -0.39 is 4.92 Å². The fourth-order valence-electron chi connectivity index (χ4n) is 2.35. The van der Waals surface area contributed by atoms with Crippen LogP contribution in [0.25, 0.3) is 0 Å². The molecule has 0 spiro atoms. The van der Waals surface area contributed by atoms with Gasteiger partial charge in [-0.25, -0.2) is 0 Å². The summed E-state index contributed by atoms with van der Waals surface area (Å²) >= 11 is 3.35. The van der Waals surface area contributed by atoms with Gasteiger partial charge in [-0.05, 0) is 24.8 Å². The van der Waals surface area contributed by atoms with E-state index in [1.165, 1.54) is 12.1 Å². The number of halogens is 1. The molecule has 18 heavy (non-hydrogen) atoms. The number of nitrogens with zero attached hydrogens (tertiary/aromatic N) is 1. The fraction of sp³-hybridized carbons (Fsp3) is 0.462. The SMILES string of the molecule is O=C1CCCCC1Cc1ccc([N+](=O)[O-])cc1Br. The minimum absolute atomic E-state index is 0.0700. The number of benzene rings is 1. The van der Waals surface area contributed by atoms with E-state index >= 15 is 0 Å². The smallest absolute Gasteiger partial charge is 0.270 e. The molecule has 0 aliphatic heterocycles. The Labute approximate surface area is 114 Å². The average Bonchev–Trinajstić information content (AvgIpc) is 2.34. The van der Waals surface area contributed by atoms with Gasteiger partial charge in [-0.3, -0.25) is 14.9 Å². The molecule has 4 nitrogen and oxygen atoms in total. The van der Waals surface area contributed by atoms with Crippen molar-refractivity contribution in [3.8, 4) is 0 Å². The zero-order valence-corrected chi connectivity index (χ0v) is 11.5. The van der Waals surface area contributed by atoms with E-state index in [0.717, 1.165) is 29.3 Å². The Morgan fingerprint density at radius 2 is 2.17 bits per heavy atom. The molecule has 1 aromatic rings. The number of Topliss-reactive ketones (excluding diaryl/α,β-unsaturated/α-hetero) is 1. The highest BCUT2D eigenvalue weighted by atomic mass is 79.9. The third-order valence-corrected chi connectivity index (χ3v) is 4.13. The maximum absolute atomic E-state index is 11.8. The lowest BCUT2D eigenvalue weighted by Gasteiger charge is -2.20. The van der Waals surface area contributed by atoms with Crippen LogP contribution in [0.5, 0.6) is 0 Å². The summed E-state index contributed by atoms with van der Waals surface area (Å²) in [5.74, 6) is 0.406. The van der Waals surface area contributed by atoms with Gasteiger partial charge in [-0.1, -0.05) is 28.4 Å². The predicted octanol–water partition coefficient (Wildman–Crippen LogP) is 3.66. The van der Waals surface area contributed by atoms with Crippen LogP contribution in [0.4, 0.5) is 5.69 Å². The Hall–Kier alpha value is -1.23. The van der Waals surface area contributed by atoms with Gasteiger partial charge in [-0.2, -0.15) is 0 Å². The first-order valence-corrected chi connectivity index (χ1v) is 6.83. The van der Waals surface area contributed by atoms with Crippen molar-refractivity contribution in [2.24, 2.45) is 5.92 Å². The van der Waals surface area contributed by atoms with Crippen LogP contribution in [0, 0.1) is 16.0 Å². The van der Waals surface area contributed by atoms with Gasteiger partial charge in [0.2, 0.25) is 0 Å². The average molecular weight is 312 g/mol. The predicted molar refractivity (Wildman–Crippen MR) is 71.5 cm³/mol. The van der Waals surface area contributed by atoms with Gasteiger partial charge in [0.15, 0.2) is 0 Å². The maximum atomic E-state index is 11.8. The number of non-ortho nitro benzene ring substituents is 1. The molecule has 0 radical (unpaired) electrons. The van der Waals surface area contributed by atoms with Gasteiger partial charge in [0.25, 0.3) is 5.69 Å². The summed E-state index contributed by atoms with van der Waals surface area (Å²) in [6.45, 7) is 0. The molecule has 96 valence electrons. The molecule has 0 amide bonds. The number of nitro benzene ring substituents is 1. The van der Waals surface area contributed by atoms with Gasteiger partial charge in [0.1, 0.15) is 5.78 Å². The van der Waals surface area contributed by atoms with E-state index in [2.05, 4.69) is 15.9 Å². The van der Waals surface area contributed by atoms with Crippen LogP contribution in [0.15, 0.2) is 22.7 Å². The summed E-state index contributed by atoms with van der Waals surface area (Å²) in [4.78, 5) is 22.0. The zero-order valence-electron chi connectivity index (χ0n) is 9.89. The van der Waals surface area contributed by atoms with E-state index in [9.17, 15) is 14.9 Å². The summed E-state index contributed by atoms with van der Waals surface area (Å²) < 4.78 is 0.718. The first kappa shape index (κ1) is 13.2. The van der Waals surface area contributed by atoms with E-state index in [0.29, 0.717) is 18.6 Å². The van der Waals surface area contributed by atoms with Crippen molar-refractivity contribution in [2.75, 3.05) is 0 Å². The molecule has 1 aliphatic rings. The Morgan fingerprint density at radius 1 is 1.39 bits per heavy atom. The molecule has 2 rings (SSSR count). The molecule has 1 unspecified atom stereocenters. The summed E-state index contributed by atoms with van der Waals surface area (Å²) in [7, 11) is 0. The lowest BCUT2D eigenvalue weighted by molar-refractivity contribution is -0.384. The van der Waals surface area contributed by atoms with Crippen molar-refractivity contribution in [1.82, 2.24) is 0 Å². The third kappa shape index (κ3) is 2.96. The van der Waals surface area contributed by atoms with Crippen molar-refractivity contribution < 1.29 is 9.72 Å². The number of carbonyl (C=O) groups is 1. The van der Waals surface area contributed by atoms with Crippen molar-refractivity contribution in [2.45, 2.75) is 32.1 Å². The highest BCUT2D eigenvalue weighted by Crippen LogP contribution is 2.29. The van der Waals surface area contributed by atoms with Crippen LogP contribution in [-0.4, -0.2) is 10.7 Å². The summed E-state index contributed by atoms with van der Waals surface area (Å²) in [6.07, 6.45) is 4.38. The Bertz CT molecular complexity index is 487. The second-order valence-corrected chi connectivity index (χ2v) is 5.50. The third-order valence-electron chi connectivity index (χ3n) is 3.39. The zero-order chi connectivity index (χ0) is 13.1. The Balaban J connectivity index is 2.14. The van der Waals surface area contributed by atoms with Crippen LogP contribution < -0.4 is 0 Å². The van der Waals surface area contributed by atoms with Crippen molar-refractivity contribution in [1.29, 1.82) is 0 Å². The van der Waals surface area contributed by atoms with Crippen LogP contribution in [0.2, 0.25) is 0 Å². The van der Waals surface area contributed by atoms with Crippen LogP contribution in [-0.2, 0) is 11.2 Å². The molecule has 0 heterocycles. The molecule has 1 aromatic carbocycles. The van der Waals surface area contributed by atoms with Gasteiger partial charge < -0.3 is 0 Å². The highest BCUT2D eigenvalue weighted by Gasteiger charge is 2.23. The number of rotatable bonds is 3.